The highest BCUT2D eigenvalue weighted by atomic mass is 16.5. The molecule has 14 heteroatoms. The van der Waals surface area contributed by atoms with E-state index in [0.717, 1.165) is 29.7 Å². The Morgan fingerprint density at radius 3 is 1.95 bits per heavy atom. The van der Waals surface area contributed by atoms with Crippen molar-refractivity contribution in [3.8, 4) is 0 Å². The van der Waals surface area contributed by atoms with E-state index in [0.29, 0.717) is 19.5 Å². The van der Waals surface area contributed by atoms with Crippen LogP contribution in [0, 0.1) is 23.7 Å². The fourth-order valence-electron chi connectivity index (χ4n) is 9.22. The summed E-state index contributed by atoms with van der Waals surface area (Å²) in [5.74, 6) is -2.19. The molecular formula is C51H83N7O7. The number of methoxy groups -OCH3 is 2. The topological polar surface area (TPSA) is 162 Å². The second kappa shape index (κ2) is 25.4. The third kappa shape index (κ3) is 15.8. The molecule has 0 saturated carbocycles. The van der Waals surface area contributed by atoms with Crippen LogP contribution in [0.25, 0.3) is 0 Å². The fourth-order valence-corrected chi connectivity index (χ4v) is 9.22. The first-order chi connectivity index (χ1) is 30.5. The minimum absolute atomic E-state index is 0.000541. The highest BCUT2D eigenvalue weighted by Crippen LogP contribution is 2.30. The van der Waals surface area contributed by atoms with Crippen molar-refractivity contribution in [2.24, 2.45) is 23.7 Å². The molecule has 1 heterocycles. The average molecular weight is 906 g/mol. The maximum absolute atomic E-state index is 14.4. The number of anilines is 1. The van der Waals surface area contributed by atoms with Crippen LogP contribution in [-0.4, -0.2) is 134 Å². The summed E-state index contributed by atoms with van der Waals surface area (Å²) in [5.41, 5.74) is 2.73. The van der Waals surface area contributed by atoms with Crippen LogP contribution in [0.3, 0.4) is 0 Å². The number of likely N-dealkylation sites (tertiary alicyclic amines) is 1. The van der Waals surface area contributed by atoms with E-state index in [4.69, 9.17) is 9.47 Å². The van der Waals surface area contributed by atoms with E-state index in [1.54, 1.807) is 38.0 Å². The largest absolute Gasteiger partial charge is 0.380 e. The number of nitrogens with zero attached hydrogens (tertiary/aromatic N) is 3. The van der Waals surface area contributed by atoms with Gasteiger partial charge in [0.25, 0.3) is 0 Å². The third-order valence-corrected chi connectivity index (χ3v) is 12.8. The lowest BCUT2D eigenvalue weighted by molar-refractivity contribution is -0.148. The highest BCUT2D eigenvalue weighted by Gasteiger charge is 2.43. The lowest BCUT2D eigenvalue weighted by Gasteiger charge is -2.41. The first kappa shape index (κ1) is 54.8. The van der Waals surface area contributed by atoms with Gasteiger partial charge in [0.15, 0.2) is 0 Å². The van der Waals surface area contributed by atoms with Gasteiger partial charge in [-0.15, -0.1) is 0 Å². The first-order valence-corrected chi connectivity index (χ1v) is 23.6. The van der Waals surface area contributed by atoms with Crippen LogP contribution in [0.5, 0.6) is 0 Å². The van der Waals surface area contributed by atoms with Crippen molar-refractivity contribution < 1.29 is 33.4 Å². The smallest absolute Gasteiger partial charge is 0.245 e. The van der Waals surface area contributed by atoms with Crippen molar-refractivity contribution in [3.63, 3.8) is 0 Å². The van der Waals surface area contributed by atoms with Gasteiger partial charge in [-0.05, 0) is 88.7 Å². The Hall–Kier alpha value is -4.53. The number of likely N-dealkylation sites (N-methyl/N-ethyl adjacent to an activating group) is 2. The summed E-state index contributed by atoms with van der Waals surface area (Å²) in [7, 11) is 8.56. The molecule has 4 N–H and O–H groups in total. The Morgan fingerprint density at radius 1 is 0.800 bits per heavy atom. The Balaban J connectivity index is 1.79. The molecule has 2 aromatic rings. The molecular weight excluding hydrogens is 823 g/mol. The van der Waals surface area contributed by atoms with E-state index in [-0.39, 0.29) is 65.7 Å². The van der Waals surface area contributed by atoms with Crippen molar-refractivity contribution in [2.45, 2.75) is 156 Å². The molecule has 0 bridgehead atoms. The number of benzene rings is 2. The predicted octanol–water partition coefficient (Wildman–Crippen LogP) is 5.89. The molecule has 1 aliphatic rings. The van der Waals surface area contributed by atoms with Crippen molar-refractivity contribution in [3.05, 3.63) is 65.7 Å². The number of hydrogen-bond donors (Lipinski definition) is 4. The number of rotatable bonds is 24. The maximum atomic E-state index is 14.4. The van der Waals surface area contributed by atoms with Gasteiger partial charge in [0.05, 0.1) is 42.7 Å². The molecule has 5 amide bonds. The van der Waals surface area contributed by atoms with Gasteiger partial charge in [0.2, 0.25) is 29.5 Å². The van der Waals surface area contributed by atoms with Crippen molar-refractivity contribution in [1.82, 2.24) is 30.7 Å². The number of carbonyl (C=O) groups is 5. The van der Waals surface area contributed by atoms with Crippen LogP contribution >= 0.6 is 0 Å². The summed E-state index contributed by atoms with van der Waals surface area (Å²) in [5, 5.41) is 12.6. The summed E-state index contributed by atoms with van der Waals surface area (Å²) in [6.45, 7) is 20.7. The lowest BCUT2D eigenvalue weighted by atomic mass is 9.89. The van der Waals surface area contributed by atoms with Gasteiger partial charge < -0.3 is 40.5 Å². The van der Waals surface area contributed by atoms with E-state index in [1.165, 1.54) is 0 Å². The molecule has 65 heavy (non-hydrogen) atoms. The normalized spacial score (nSPS) is 18.0. The van der Waals surface area contributed by atoms with Crippen LogP contribution in [0.1, 0.15) is 106 Å². The summed E-state index contributed by atoms with van der Waals surface area (Å²) < 4.78 is 12.1. The van der Waals surface area contributed by atoms with Gasteiger partial charge in [-0.1, -0.05) is 97.4 Å². The van der Waals surface area contributed by atoms with Gasteiger partial charge in [-0.25, -0.2) is 0 Å². The van der Waals surface area contributed by atoms with Gasteiger partial charge in [-0.2, -0.15) is 0 Å². The Bertz CT molecular complexity index is 1810. The van der Waals surface area contributed by atoms with E-state index >= 15 is 0 Å². The second-order valence-corrected chi connectivity index (χ2v) is 20.0. The molecule has 1 saturated heterocycles. The molecule has 0 aromatic heterocycles. The number of hydrogen-bond acceptors (Lipinski definition) is 9. The van der Waals surface area contributed by atoms with Crippen LogP contribution < -0.4 is 21.3 Å². The molecule has 1 fully saturated rings. The zero-order valence-corrected chi connectivity index (χ0v) is 42.2. The molecule has 1 aliphatic heterocycles. The van der Waals surface area contributed by atoms with Crippen molar-refractivity contribution >= 4 is 35.2 Å². The number of ether oxygens (including phenoxy) is 2. The lowest BCUT2D eigenvalue weighted by Crippen LogP contribution is -2.59. The fraction of sp³-hybridized carbons (Fsp3) is 0.667. The summed E-state index contributed by atoms with van der Waals surface area (Å²) in [4.78, 5) is 75.7. The minimum Gasteiger partial charge on any atom is -0.380 e. The van der Waals surface area contributed by atoms with Crippen LogP contribution in [-0.2, 0) is 46.4 Å². The predicted molar refractivity (Wildman–Crippen MR) is 259 cm³/mol. The molecule has 2 aromatic carbocycles. The zero-order chi connectivity index (χ0) is 48.8. The molecule has 14 nitrogen and oxygen atoms in total. The molecule has 0 radical (unpaired) electrons. The zero-order valence-electron chi connectivity index (χ0n) is 42.2. The Labute approximate surface area is 390 Å². The van der Waals surface area contributed by atoms with E-state index in [2.05, 4.69) is 42.0 Å². The van der Waals surface area contributed by atoms with E-state index in [1.807, 2.05) is 115 Å². The highest BCUT2D eigenvalue weighted by molar-refractivity contribution is 5.91. The number of carbonyl (C=O) groups excluding carboxylic acids is 5. The monoisotopic (exact) mass is 906 g/mol. The van der Waals surface area contributed by atoms with Crippen LogP contribution in [0.2, 0.25) is 0 Å². The van der Waals surface area contributed by atoms with Gasteiger partial charge in [0.1, 0.15) is 12.1 Å². The molecule has 0 unspecified atom stereocenters. The summed E-state index contributed by atoms with van der Waals surface area (Å²) in [6.07, 6.45) is 1.05. The third-order valence-electron chi connectivity index (χ3n) is 12.8. The molecule has 9 atom stereocenters. The SMILES string of the molecule is CC[C@H](C)[C@@H]([C@@H](CC(=O)N1CCC[C@H]1[C@H](OC)[C@@H](C)C(=O)N[C@H](Cc1ccccc1)C(=O)NCc1ccc(NC(C)(C)C)cc1)OC)N(C)C(=O)[C@@H](NC(=O)[C@H](C(C)C)N(C)C)C(C)C. The molecule has 0 aliphatic carbocycles. The average Bonchev–Trinajstić information content (AvgIpc) is 3.73. The summed E-state index contributed by atoms with van der Waals surface area (Å²) in [6, 6.07) is 14.5. The quantitative estimate of drug-likeness (QED) is 0.101. The first-order valence-electron chi connectivity index (χ1n) is 23.6. The van der Waals surface area contributed by atoms with E-state index < -0.39 is 48.3 Å². The summed E-state index contributed by atoms with van der Waals surface area (Å²) >= 11 is 0. The molecule has 0 spiro atoms. The molecule has 3 rings (SSSR count). The maximum Gasteiger partial charge on any atom is 0.245 e. The van der Waals surface area contributed by atoms with Crippen LogP contribution in [0.15, 0.2) is 54.6 Å². The Kier molecular flexibility index (Phi) is 21.4. The number of amides is 5. The van der Waals surface area contributed by atoms with Crippen molar-refractivity contribution in [1.29, 1.82) is 0 Å². The van der Waals surface area contributed by atoms with E-state index in [9.17, 15) is 24.0 Å². The minimum atomic E-state index is -0.860. The standard InChI is InChI=1S/C51H83N7O7/c1-16-34(6)45(57(13)50(63)43(32(2)3)54-49(62)44(33(4)5)56(11)12)41(64-14)30-42(59)58-28-20-23-40(58)46(65-15)35(7)47(60)53-39(29-36-21-18-17-19-22-36)48(61)52-31-37-24-26-38(27-25-37)55-51(8,9)10/h17-19,21-22,24-27,32-35,39-41,43-46,55H,16,20,23,28-31H2,1-15H3,(H,52,61)(H,53,60)(H,54,62)/t34-,35+,39+,40-,41+,43-,44-,45-,46+/m0/s1. The second-order valence-electron chi connectivity index (χ2n) is 20.0. The van der Waals surface area contributed by atoms with Gasteiger partial charge in [-0.3, -0.25) is 28.9 Å². The Morgan fingerprint density at radius 2 is 1.43 bits per heavy atom. The van der Waals surface area contributed by atoms with Crippen molar-refractivity contribution in [2.75, 3.05) is 47.2 Å². The van der Waals surface area contributed by atoms with Crippen LogP contribution in [0.4, 0.5) is 5.69 Å². The van der Waals surface area contributed by atoms with Gasteiger partial charge in [0, 0.05) is 52.0 Å². The number of nitrogens with one attached hydrogen (secondary N) is 4. The molecule has 364 valence electrons. The van der Waals surface area contributed by atoms with Gasteiger partial charge >= 0.3 is 0 Å².